The van der Waals surface area contributed by atoms with Gasteiger partial charge < -0.3 is 10.2 Å². The molecule has 1 atom stereocenters. The number of ketones is 1. The Balaban J connectivity index is 1.83. The van der Waals surface area contributed by atoms with Gasteiger partial charge in [0.15, 0.2) is 5.78 Å². The first-order valence-corrected chi connectivity index (χ1v) is 9.17. The summed E-state index contributed by atoms with van der Waals surface area (Å²) in [6.07, 6.45) is 0.428. The summed E-state index contributed by atoms with van der Waals surface area (Å²) in [7, 11) is 4.14. The monoisotopic (exact) mass is 403 g/mol. The molecule has 0 spiro atoms. The highest BCUT2D eigenvalue weighted by Gasteiger charge is 2.18. The molecule has 0 aliphatic rings. The fraction of sp³-hybridized carbons (Fsp3) is 0.300. The third-order valence-electron chi connectivity index (χ3n) is 4.15. The van der Waals surface area contributed by atoms with E-state index in [0.717, 1.165) is 4.47 Å². The van der Waals surface area contributed by atoms with E-state index in [1.165, 1.54) is 10.5 Å². The maximum absolute atomic E-state index is 12.1. The molecule has 2 aromatic carbocycles. The molecule has 0 bridgehead atoms. The highest BCUT2D eigenvalue weighted by molar-refractivity contribution is 9.10. The first-order chi connectivity index (χ1) is 12.0. The Morgan fingerprint density at radius 1 is 1.00 bits per heavy atom. The maximum atomic E-state index is 12.1. The zero-order chi connectivity index (χ0) is 18.2. The molecule has 0 fully saturated rings. The molecule has 0 saturated carbocycles. The largest absolute Gasteiger partial charge is 0.350 e. The van der Waals surface area contributed by atoms with Crippen LogP contribution in [0.2, 0.25) is 0 Å². The summed E-state index contributed by atoms with van der Waals surface area (Å²) in [5.41, 5.74) is 1.82. The van der Waals surface area contributed by atoms with Crippen LogP contribution in [-0.4, -0.2) is 32.3 Å². The quantitative estimate of drug-likeness (QED) is 0.664. The lowest BCUT2D eigenvalue weighted by Gasteiger charge is -2.22. The number of benzene rings is 2. The number of hydrogen-bond donors (Lipinski definition) is 2. The van der Waals surface area contributed by atoms with Crippen molar-refractivity contribution in [1.29, 1.82) is 0 Å². The molecule has 132 valence electrons. The second-order valence-corrected chi connectivity index (χ2v) is 7.19. The van der Waals surface area contributed by atoms with Crippen molar-refractivity contribution in [2.45, 2.75) is 18.9 Å². The van der Waals surface area contributed by atoms with Crippen molar-refractivity contribution in [3.63, 3.8) is 0 Å². The number of carbonyl (C=O) groups excluding carboxylic acids is 2. The molecule has 2 N–H and O–H groups in total. The summed E-state index contributed by atoms with van der Waals surface area (Å²) in [6.45, 7) is 0.553. The molecule has 0 unspecified atom stereocenters. The van der Waals surface area contributed by atoms with Crippen molar-refractivity contribution < 1.29 is 14.5 Å². The SMILES string of the molecule is C[NH+](C)[C@H](CNC(=O)CCC(=O)c1ccc(Br)cc1)c1ccccc1. The van der Waals surface area contributed by atoms with Crippen LogP contribution in [0.25, 0.3) is 0 Å². The smallest absolute Gasteiger partial charge is 0.220 e. The van der Waals surface area contributed by atoms with E-state index in [1.807, 2.05) is 30.3 Å². The third kappa shape index (κ3) is 6.11. The van der Waals surface area contributed by atoms with Crippen LogP contribution in [0.1, 0.15) is 34.8 Å². The molecule has 0 aliphatic carbocycles. The van der Waals surface area contributed by atoms with Gasteiger partial charge in [0.1, 0.15) is 6.04 Å². The number of nitrogens with one attached hydrogen (secondary N) is 2. The van der Waals surface area contributed by atoms with Crippen molar-refractivity contribution in [3.05, 3.63) is 70.2 Å². The Bertz CT molecular complexity index is 699. The van der Waals surface area contributed by atoms with Gasteiger partial charge in [0, 0.05) is 28.4 Å². The van der Waals surface area contributed by atoms with Crippen LogP contribution >= 0.6 is 15.9 Å². The van der Waals surface area contributed by atoms with E-state index in [-0.39, 0.29) is 30.6 Å². The molecule has 0 saturated heterocycles. The number of amides is 1. The van der Waals surface area contributed by atoms with Crippen LogP contribution < -0.4 is 10.2 Å². The molecule has 2 rings (SSSR count). The van der Waals surface area contributed by atoms with Crippen molar-refractivity contribution in [2.75, 3.05) is 20.6 Å². The number of Topliss-reactive ketones (excluding diaryl/α,β-unsaturated/α-hetero) is 1. The van der Waals surface area contributed by atoms with Gasteiger partial charge in [0.25, 0.3) is 0 Å². The Morgan fingerprint density at radius 2 is 1.64 bits per heavy atom. The topological polar surface area (TPSA) is 50.6 Å². The fourth-order valence-electron chi connectivity index (χ4n) is 2.65. The van der Waals surface area contributed by atoms with Crippen molar-refractivity contribution in [2.24, 2.45) is 0 Å². The first-order valence-electron chi connectivity index (χ1n) is 8.38. The lowest BCUT2D eigenvalue weighted by atomic mass is 10.1. The molecule has 2 aromatic rings. The lowest BCUT2D eigenvalue weighted by Crippen LogP contribution is -3.07. The van der Waals surface area contributed by atoms with E-state index in [0.29, 0.717) is 12.1 Å². The zero-order valence-electron chi connectivity index (χ0n) is 14.6. The normalized spacial score (nSPS) is 12.0. The summed E-state index contributed by atoms with van der Waals surface area (Å²) < 4.78 is 0.930. The van der Waals surface area contributed by atoms with Crippen LogP contribution in [0.3, 0.4) is 0 Å². The number of likely N-dealkylation sites (N-methyl/N-ethyl adjacent to an activating group) is 1. The van der Waals surface area contributed by atoms with E-state index in [9.17, 15) is 9.59 Å². The molecule has 0 aromatic heterocycles. The summed E-state index contributed by atoms with van der Waals surface area (Å²) in [5, 5.41) is 2.96. The van der Waals surface area contributed by atoms with Crippen LogP contribution in [-0.2, 0) is 4.79 Å². The highest BCUT2D eigenvalue weighted by Crippen LogP contribution is 2.13. The molecule has 0 heterocycles. The van der Waals surface area contributed by atoms with Gasteiger partial charge in [-0.15, -0.1) is 0 Å². The van der Waals surface area contributed by atoms with Crippen molar-refractivity contribution in [1.82, 2.24) is 5.32 Å². The van der Waals surface area contributed by atoms with Gasteiger partial charge in [-0.25, -0.2) is 0 Å². The summed E-state index contributed by atoms with van der Waals surface area (Å²) in [5.74, 6) is -0.104. The van der Waals surface area contributed by atoms with Crippen molar-refractivity contribution >= 4 is 27.6 Å². The van der Waals surface area contributed by atoms with Gasteiger partial charge in [-0.2, -0.15) is 0 Å². The molecule has 5 heteroatoms. The zero-order valence-corrected chi connectivity index (χ0v) is 16.2. The Morgan fingerprint density at radius 3 is 2.24 bits per heavy atom. The second-order valence-electron chi connectivity index (χ2n) is 6.27. The van der Waals surface area contributed by atoms with Crippen LogP contribution in [0, 0.1) is 0 Å². The number of halogens is 1. The number of hydrogen-bond acceptors (Lipinski definition) is 2. The molecule has 0 aliphatic heterocycles. The summed E-state index contributed by atoms with van der Waals surface area (Å²) in [4.78, 5) is 25.5. The van der Waals surface area contributed by atoms with Gasteiger partial charge >= 0.3 is 0 Å². The predicted octanol–water partition coefficient (Wildman–Crippen LogP) is 2.41. The first kappa shape index (κ1) is 19.3. The Kier molecular flexibility index (Phi) is 7.34. The minimum Gasteiger partial charge on any atom is -0.350 e. The van der Waals surface area contributed by atoms with E-state index in [2.05, 4.69) is 47.5 Å². The number of quaternary nitrogens is 1. The van der Waals surface area contributed by atoms with E-state index < -0.39 is 0 Å². The average Bonchev–Trinajstić information content (AvgIpc) is 2.61. The molecule has 1 amide bonds. The molecule has 25 heavy (non-hydrogen) atoms. The summed E-state index contributed by atoms with van der Waals surface area (Å²) >= 11 is 3.34. The number of rotatable bonds is 8. The minimum absolute atomic E-state index is 0.0134. The standard InChI is InChI=1S/C20H23BrN2O2/c1-23(2)18(15-6-4-3-5-7-15)14-22-20(25)13-12-19(24)16-8-10-17(21)11-9-16/h3-11,18H,12-14H2,1-2H3,(H,22,25)/p+1/t18-/m1/s1. The van der Waals surface area contributed by atoms with Crippen molar-refractivity contribution in [3.8, 4) is 0 Å². The van der Waals surface area contributed by atoms with Crippen LogP contribution in [0.4, 0.5) is 0 Å². The van der Waals surface area contributed by atoms with Gasteiger partial charge in [0.2, 0.25) is 5.91 Å². The van der Waals surface area contributed by atoms with Crippen LogP contribution in [0.15, 0.2) is 59.1 Å². The average molecular weight is 404 g/mol. The predicted molar refractivity (Wildman–Crippen MR) is 103 cm³/mol. The Labute approximate surface area is 157 Å². The number of carbonyl (C=O) groups is 2. The molecular formula is C20H24BrN2O2+. The molecule has 0 radical (unpaired) electrons. The summed E-state index contributed by atoms with van der Waals surface area (Å²) in [6, 6.07) is 17.5. The minimum atomic E-state index is -0.0901. The molecular weight excluding hydrogens is 380 g/mol. The van der Waals surface area contributed by atoms with E-state index >= 15 is 0 Å². The Hall–Kier alpha value is -1.98. The second kappa shape index (κ2) is 9.49. The third-order valence-corrected chi connectivity index (χ3v) is 4.68. The van der Waals surface area contributed by atoms with Gasteiger partial charge in [-0.3, -0.25) is 9.59 Å². The lowest BCUT2D eigenvalue weighted by molar-refractivity contribution is -0.890. The fourth-order valence-corrected chi connectivity index (χ4v) is 2.92. The van der Waals surface area contributed by atoms with Crippen LogP contribution in [0.5, 0.6) is 0 Å². The van der Waals surface area contributed by atoms with E-state index in [1.54, 1.807) is 12.1 Å². The highest BCUT2D eigenvalue weighted by atomic mass is 79.9. The maximum Gasteiger partial charge on any atom is 0.220 e. The van der Waals surface area contributed by atoms with E-state index in [4.69, 9.17) is 0 Å². The van der Waals surface area contributed by atoms with Gasteiger partial charge in [-0.1, -0.05) is 58.4 Å². The van der Waals surface area contributed by atoms with Gasteiger partial charge in [-0.05, 0) is 12.1 Å². The van der Waals surface area contributed by atoms with Gasteiger partial charge in [0.05, 0.1) is 20.6 Å². The molecule has 4 nitrogen and oxygen atoms in total.